The van der Waals surface area contributed by atoms with Crippen LogP contribution in [0.4, 0.5) is 0 Å². The molecule has 1 aromatic rings. The lowest BCUT2D eigenvalue weighted by Gasteiger charge is -2.11. The van der Waals surface area contributed by atoms with Crippen LogP contribution in [0.25, 0.3) is 0 Å². The van der Waals surface area contributed by atoms with Gasteiger partial charge in [-0.25, -0.2) is 0 Å². The van der Waals surface area contributed by atoms with Crippen molar-refractivity contribution in [2.24, 2.45) is 0 Å². The highest BCUT2D eigenvalue weighted by atomic mass is 16.1. The molecule has 1 aromatic carbocycles. The van der Waals surface area contributed by atoms with E-state index in [0.29, 0.717) is 6.42 Å². The number of aryl methyl sites for hydroxylation is 1. The quantitative estimate of drug-likeness (QED) is 0.542. The summed E-state index contributed by atoms with van der Waals surface area (Å²) in [6.07, 6.45) is 3.12. The van der Waals surface area contributed by atoms with Crippen LogP contribution in [-0.4, -0.2) is 11.6 Å². The van der Waals surface area contributed by atoms with Crippen molar-refractivity contribution in [3.05, 3.63) is 34.9 Å². The highest BCUT2D eigenvalue weighted by Gasteiger charge is 2.15. The standard InChI is InChI=1S/C16H22O2/c1-4-8-13(17)11-16(18)15-10-7-9-12(5-2)14(15)6-3/h7,9-10H,4-6,8,11H2,1-3H3. The Labute approximate surface area is 109 Å². The van der Waals surface area contributed by atoms with Gasteiger partial charge in [-0.3, -0.25) is 9.59 Å². The summed E-state index contributed by atoms with van der Waals surface area (Å²) in [5.74, 6) is 0.0204. The van der Waals surface area contributed by atoms with E-state index in [9.17, 15) is 9.59 Å². The SMILES string of the molecule is CCCC(=O)CC(=O)c1cccc(CC)c1CC. The molecule has 0 aliphatic rings. The molecule has 0 aliphatic heterocycles. The molecule has 0 saturated heterocycles. The zero-order valence-corrected chi connectivity index (χ0v) is 11.6. The largest absolute Gasteiger partial charge is 0.299 e. The molecule has 0 atom stereocenters. The van der Waals surface area contributed by atoms with Gasteiger partial charge in [0, 0.05) is 12.0 Å². The molecule has 0 saturated carbocycles. The lowest BCUT2D eigenvalue weighted by atomic mass is 9.93. The molecule has 0 spiro atoms. The van der Waals surface area contributed by atoms with Crippen molar-refractivity contribution in [3.63, 3.8) is 0 Å². The summed E-state index contributed by atoms with van der Waals surface area (Å²) >= 11 is 0. The summed E-state index contributed by atoms with van der Waals surface area (Å²) in [7, 11) is 0. The fraction of sp³-hybridized carbons (Fsp3) is 0.500. The van der Waals surface area contributed by atoms with Crippen molar-refractivity contribution < 1.29 is 9.59 Å². The second-order valence-corrected chi connectivity index (χ2v) is 4.54. The summed E-state index contributed by atoms with van der Waals surface area (Å²) in [5, 5.41) is 0. The topological polar surface area (TPSA) is 34.1 Å². The molecular formula is C16H22O2. The van der Waals surface area contributed by atoms with Crippen LogP contribution in [0, 0.1) is 0 Å². The summed E-state index contributed by atoms with van der Waals surface area (Å²) < 4.78 is 0. The maximum atomic E-state index is 12.2. The Kier molecular flexibility index (Phi) is 5.76. The minimum atomic E-state index is -0.0272. The normalized spacial score (nSPS) is 10.4. The zero-order chi connectivity index (χ0) is 13.5. The van der Waals surface area contributed by atoms with Gasteiger partial charge in [0.25, 0.3) is 0 Å². The fourth-order valence-corrected chi connectivity index (χ4v) is 2.29. The molecule has 1 rings (SSSR count). The molecule has 18 heavy (non-hydrogen) atoms. The molecule has 98 valence electrons. The van der Waals surface area contributed by atoms with E-state index < -0.39 is 0 Å². The molecule has 0 N–H and O–H groups in total. The van der Waals surface area contributed by atoms with E-state index in [1.807, 2.05) is 19.1 Å². The number of carbonyl (C=O) groups is 2. The maximum Gasteiger partial charge on any atom is 0.170 e. The van der Waals surface area contributed by atoms with Crippen LogP contribution in [0.5, 0.6) is 0 Å². The van der Waals surface area contributed by atoms with Gasteiger partial charge in [0.2, 0.25) is 0 Å². The van der Waals surface area contributed by atoms with Crippen molar-refractivity contribution in [2.45, 2.75) is 52.9 Å². The van der Waals surface area contributed by atoms with Gasteiger partial charge in [0.1, 0.15) is 5.78 Å². The zero-order valence-electron chi connectivity index (χ0n) is 11.6. The fourth-order valence-electron chi connectivity index (χ4n) is 2.29. The first-order chi connectivity index (χ1) is 8.63. The molecular weight excluding hydrogens is 224 g/mol. The molecule has 0 aromatic heterocycles. The Morgan fingerprint density at radius 3 is 2.33 bits per heavy atom. The smallest absolute Gasteiger partial charge is 0.170 e. The van der Waals surface area contributed by atoms with Crippen LogP contribution in [0.2, 0.25) is 0 Å². The summed E-state index contributed by atoms with van der Waals surface area (Å²) in [6, 6.07) is 5.82. The van der Waals surface area contributed by atoms with Crippen LogP contribution < -0.4 is 0 Å². The predicted octanol–water partition coefficient (Wildman–Crippen LogP) is 3.75. The lowest BCUT2D eigenvalue weighted by molar-refractivity contribution is -0.118. The maximum absolute atomic E-state index is 12.2. The van der Waals surface area contributed by atoms with Gasteiger partial charge in [0.05, 0.1) is 6.42 Å². The van der Waals surface area contributed by atoms with Crippen LogP contribution in [0.1, 0.15) is 61.5 Å². The first-order valence-electron chi connectivity index (χ1n) is 6.79. The van der Waals surface area contributed by atoms with Gasteiger partial charge in [-0.15, -0.1) is 0 Å². The Morgan fingerprint density at radius 1 is 1.06 bits per heavy atom. The number of benzene rings is 1. The number of hydrogen-bond donors (Lipinski definition) is 0. The van der Waals surface area contributed by atoms with Crippen molar-refractivity contribution in [1.29, 1.82) is 0 Å². The van der Waals surface area contributed by atoms with E-state index in [1.54, 1.807) is 0 Å². The van der Waals surface area contributed by atoms with Crippen molar-refractivity contribution in [1.82, 2.24) is 0 Å². The van der Waals surface area contributed by atoms with E-state index in [2.05, 4.69) is 19.9 Å². The van der Waals surface area contributed by atoms with Gasteiger partial charge in [-0.05, 0) is 30.4 Å². The van der Waals surface area contributed by atoms with Crippen LogP contribution in [0.15, 0.2) is 18.2 Å². The third kappa shape index (κ3) is 3.52. The van der Waals surface area contributed by atoms with Gasteiger partial charge in [-0.1, -0.05) is 39.0 Å². The predicted molar refractivity (Wildman–Crippen MR) is 74.1 cm³/mol. The average Bonchev–Trinajstić information content (AvgIpc) is 2.37. The second-order valence-electron chi connectivity index (χ2n) is 4.54. The lowest BCUT2D eigenvalue weighted by Crippen LogP contribution is -2.11. The van der Waals surface area contributed by atoms with Crippen molar-refractivity contribution in [3.8, 4) is 0 Å². The van der Waals surface area contributed by atoms with E-state index in [-0.39, 0.29) is 18.0 Å². The summed E-state index contributed by atoms with van der Waals surface area (Å²) in [4.78, 5) is 23.7. The Balaban J connectivity index is 2.95. The van der Waals surface area contributed by atoms with Gasteiger partial charge in [0.15, 0.2) is 5.78 Å². The summed E-state index contributed by atoms with van der Waals surface area (Å²) in [6.45, 7) is 6.10. The molecule has 2 nitrogen and oxygen atoms in total. The van der Waals surface area contributed by atoms with Gasteiger partial charge < -0.3 is 0 Å². The van der Waals surface area contributed by atoms with Gasteiger partial charge >= 0.3 is 0 Å². The molecule has 0 fully saturated rings. The minimum absolute atomic E-state index is 0.0272. The molecule has 0 unspecified atom stereocenters. The minimum Gasteiger partial charge on any atom is -0.299 e. The highest BCUT2D eigenvalue weighted by molar-refractivity contribution is 6.08. The van der Waals surface area contributed by atoms with E-state index in [1.165, 1.54) is 5.56 Å². The highest BCUT2D eigenvalue weighted by Crippen LogP contribution is 2.18. The molecule has 0 radical (unpaired) electrons. The molecule has 0 amide bonds. The van der Waals surface area contributed by atoms with Crippen molar-refractivity contribution >= 4 is 11.6 Å². The monoisotopic (exact) mass is 246 g/mol. The van der Waals surface area contributed by atoms with Crippen LogP contribution in [0.3, 0.4) is 0 Å². The Hall–Kier alpha value is -1.44. The number of ketones is 2. The number of hydrogen-bond acceptors (Lipinski definition) is 2. The van der Waals surface area contributed by atoms with Crippen LogP contribution in [-0.2, 0) is 17.6 Å². The number of rotatable bonds is 7. The first-order valence-corrected chi connectivity index (χ1v) is 6.79. The Bertz CT molecular complexity index is 433. The number of Topliss-reactive ketones (excluding diaryl/α,β-unsaturated/α-hetero) is 2. The third-order valence-electron chi connectivity index (χ3n) is 3.19. The summed E-state index contributed by atoms with van der Waals surface area (Å²) in [5.41, 5.74) is 3.06. The molecule has 2 heteroatoms. The molecule has 0 aliphatic carbocycles. The van der Waals surface area contributed by atoms with E-state index >= 15 is 0 Å². The number of carbonyl (C=O) groups excluding carboxylic acids is 2. The average molecular weight is 246 g/mol. The van der Waals surface area contributed by atoms with E-state index in [0.717, 1.165) is 30.4 Å². The van der Waals surface area contributed by atoms with E-state index in [4.69, 9.17) is 0 Å². The van der Waals surface area contributed by atoms with Gasteiger partial charge in [-0.2, -0.15) is 0 Å². The molecule has 0 heterocycles. The van der Waals surface area contributed by atoms with Crippen LogP contribution >= 0.6 is 0 Å². The second kappa shape index (κ2) is 7.10. The third-order valence-corrected chi connectivity index (χ3v) is 3.19. The Morgan fingerprint density at radius 2 is 1.78 bits per heavy atom. The van der Waals surface area contributed by atoms with Crippen molar-refractivity contribution in [2.75, 3.05) is 0 Å². The molecule has 0 bridgehead atoms. The first kappa shape index (κ1) is 14.6.